The average Bonchev–Trinajstić information content (AvgIpc) is 2.26. The van der Waals surface area contributed by atoms with Crippen LogP contribution < -0.4 is 4.74 Å². The van der Waals surface area contributed by atoms with Gasteiger partial charge in [-0.3, -0.25) is 0 Å². The number of halogens is 2. The second-order valence-corrected chi connectivity index (χ2v) is 3.97. The highest BCUT2D eigenvalue weighted by atomic mass is 79.9. The van der Waals surface area contributed by atoms with E-state index in [1.165, 1.54) is 18.2 Å². The zero-order valence-electron chi connectivity index (χ0n) is 8.34. The van der Waals surface area contributed by atoms with Crippen LogP contribution in [0.3, 0.4) is 0 Å². The van der Waals surface area contributed by atoms with Gasteiger partial charge in [0.2, 0.25) is 0 Å². The monoisotopic (exact) mass is 271 g/mol. The van der Waals surface area contributed by atoms with Gasteiger partial charge in [0.15, 0.2) is 11.6 Å². The molecule has 0 saturated carbocycles. The summed E-state index contributed by atoms with van der Waals surface area (Å²) >= 11 is 3.31. The maximum Gasteiger partial charge on any atom is 0.166 e. The van der Waals surface area contributed by atoms with Gasteiger partial charge in [0.25, 0.3) is 0 Å². The molecule has 1 unspecified atom stereocenters. The van der Waals surface area contributed by atoms with Gasteiger partial charge in [0.1, 0.15) is 0 Å². The van der Waals surface area contributed by atoms with E-state index < -0.39 is 5.82 Å². The zero-order chi connectivity index (χ0) is 11.3. The van der Waals surface area contributed by atoms with E-state index in [0.29, 0.717) is 18.1 Å². The van der Waals surface area contributed by atoms with E-state index in [9.17, 15) is 4.39 Å². The van der Waals surface area contributed by atoms with Crippen molar-refractivity contribution >= 4 is 15.9 Å². The van der Waals surface area contributed by atoms with E-state index in [2.05, 4.69) is 15.9 Å². The van der Waals surface area contributed by atoms with Crippen LogP contribution in [0.25, 0.3) is 0 Å². The van der Waals surface area contributed by atoms with E-state index in [4.69, 9.17) is 10.00 Å². The molecule has 0 aromatic heterocycles. The minimum Gasteiger partial charge on any atom is -0.490 e. The second-order valence-electron chi connectivity index (χ2n) is 3.33. The summed E-state index contributed by atoms with van der Waals surface area (Å²) in [6.45, 7) is 2.45. The third-order valence-corrected chi connectivity index (χ3v) is 2.95. The van der Waals surface area contributed by atoms with Gasteiger partial charge in [-0.25, -0.2) is 4.39 Å². The van der Waals surface area contributed by atoms with Crippen LogP contribution in [0.15, 0.2) is 18.2 Å². The van der Waals surface area contributed by atoms with Gasteiger partial charge in [0.05, 0.1) is 18.2 Å². The lowest BCUT2D eigenvalue weighted by molar-refractivity contribution is 0.262. The number of hydrogen-bond acceptors (Lipinski definition) is 2. The molecule has 0 saturated heterocycles. The lowest BCUT2D eigenvalue weighted by atomic mass is 10.2. The Morgan fingerprint density at radius 2 is 2.33 bits per heavy atom. The van der Waals surface area contributed by atoms with Crippen LogP contribution in [0.2, 0.25) is 0 Å². The lowest BCUT2D eigenvalue weighted by Crippen LogP contribution is -2.10. The van der Waals surface area contributed by atoms with Crippen molar-refractivity contribution in [3.05, 3.63) is 29.6 Å². The number of alkyl halides is 1. The Bertz CT molecular complexity index is 375. The van der Waals surface area contributed by atoms with E-state index in [1.54, 1.807) is 0 Å². The predicted octanol–water partition coefficient (Wildman–Crippen LogP) is 3.11. The minimum absolute atomic E-state index is 0.196. The van der Waals surface area contributed by atoms with Gasteiger partial charge < -0.3 is 4.74 Å². The van der Waals surface area contributed by atoms with Crippen LogP contribution in [0, 0.1) is 23.1 Å². The SMILES string of the molecule is CC(CBr)COc1ccc(C#N)cc1F. The van der Waals surface area contributed by atoms with Gasteiger partial charge in [-0.15, -0.1) is 0 Å². The lowest BCUT2D eigenvalue weighted by Gasteiger charge is -2.10. The molecule has 15 heavy (non-hydrogen) atoms. The molecule has 1 atom stereocenters. The highest BCUT2D eigenvalue weighted by Gasteiger charge is 2.06. The molecule has 0 heterocycles. The van der Waals surface area contributed by atoms with Gasteiger partial charge in [-0.1, -0.05) is 22.9 Å². The molecule has 1 rings (SSSR count). The Hall–Kier alpha value is -1.08. The van der Waals surface area contributed by atoms with Crippen molar-refractivity contribution in [3.8, 4) is 11.8 Å². The van der Waals surface area contributed by atoms with Crippen molar-refractivity contribution < 1.29 is 9.13 Å². The fourth-order valence-electron chi connectivity index (χ4n) is 0.964. The fourth-order valence-corrected chi connectivity index (χ4v) is 1.15. The molecule has 1 aromatic rings. The quantitative estimate of drug-likeness (QED) is 0.789. The maximum absolute atomic E-state index is 13.3. The number of ether oxygens (including phenoxy) is 1. The number of hydrogen-bond donors (Lipinski definition) is 0. The molecular weight excluding hydrogens is 261 g/mol. The summed E-state index contributed by atoms with van der Waals surface area (Å²) < 4.78 is 18.6. The van der Waals surface area contributed by atoms with Gasteiger partial charge in [0, 0.05) is 5.33 Å². The molecule has 1 aromatic carbocycles. The predicted molar refractivity (Wildman–Crippen MR) is 59.6 cm³/mol. The summed E-state index contributed by atoms with van der Waals surface area (Å²) in [5.41, 5.74) is 0.299. The smallest absolute Gasteiger partial charge is 0.166 e. The van der Waals surface area contributed by atoms with Gasteiger partial charge >= 0.3 is 0 Å². The Kier molecular flexibility index (Phi) is 4.57. The standard InChI is InChI=1S/C11H11BrFNO/c1-8(5-12)7-15-11-3-2-9(6-14)4-10(11)13/h2-4,8H,5,7H2,1H3. The largest absolute Gasteiger partial charge is 0.490 e. The number of rotatable bonds is 4. The molecule has 0 N–H and O–H groups in total. The van der Waals surface area contributed by atoms with Crippen LogP contribution in [0.5, 0.6) is 5.75 Å². The molecule has 0 fully saturated rings. The number of nitrogens with zero attached hydrogens (tertiary/aromatic N) is 1. The average molecular weight is 272 g/mol. The van der Waals surface area contributed by atoms with Crippen molar-refractivity contribution in [1.82, 2.24) is 0 Å². The molecule has 0 radical (unpaired) electrons. The molecular formula is C11H11BrFNO. The Morgan fingerprint density at radius 1 is 1.60 bits per heavy atom. The third kappa shape index (κ3) is 3.52. The minimum atomic E-state index is -0.490. The van der Waals surface area contributed by atoms with Crippen molar-refractivity contribution in [2.24, 2.45) is 5.92 Å². The molecule has 0 aliphatic rings. The first kappa shape index (κ1) is 12.0. The van der Waals surface area contributed by atoms with Crippen LogP contribution in [-0.2, 0) is 0 Å². The number of benzene rings is 1. The molecule has 0 spiro atoms. The first-order valence-corrected chi connectivity index (χ1v) is 5.68. The summed E-state index contributed by atoms with van der Waals surface area (Å²) in [5, 5.41) is 9.36. The first-order valence-electron chi connectivity index (χ1n) is 4.55. The van der Waals surface area contributed by atoms with Crippen molar-refractivity contribution in [2.75, 3.05) is 11.9 Å². The van der Waals surface area contributed by atoms with E-state index in [-0.39, 0.29) is 5.75 Å². The van der Waals surface area contributed by atoms with E-state index in [0.717, 1.165) is 5.33 Å². The highest BCUT2D eigenvalue weighted by molar-refractivity contribution is 9.09. The summed E-state index contributed by atoms with van der Waals surface area (Å²) in [5.74, 6) is 0.0256. The molecule has 0 amide bonds. The van der Waals surface area contributed by atoms with Crippen LogP contribution >= 0.6 is 15.9 Å². The van der Waals surface area contributed by atoms with Crippen molar-refractivity contribution in [1.29, 1.82) is 5.26 Å². The van der Waals surface area contributed by atoms with Crippen LogP contribution in [-0.4, -0.2) is 11.9 Å². The Morgan fingerprint density at radius 3 is 2.87 bits per heavy atom. The fraction of sp³-hybridized carbons (Fsp3) is 0.364. The summed E-state index contributed by atoms with van der Waals surface area (Å²) in [7, 11) is 0. The topological polar surface area (TPSA) is 33.0 Å². The Balaban J connectivity index is 2.67. The molecule has 2 nitrogen and oxygen atoms in total. The molecule has 4 heteroatoms. The van der Waals surface area contributed by atoms with Gasteiger partial charge in [-0.05, 0) is 24.1 Å². The molecule has 0 bridgehead atoms. The van der Waals surface area contributed by atoms with Gasteiger partial charge in [-0.2, -0.15) is 5.26 Å². The zero-order valence-corrected chi connectivity index (χ0v) is 9.92. The van der Waals surface area contributed by atoms with E-state index >= 15 is 0 Å². The summed E-state index contributed by atoms with van der Waals surface area (Å²) in [6.07, 6.45) is 0. The summed E-state index contributed by atoms with van der Waals surface area (Å²) in [4.78, 5) is 0. The van der Waals surface area contributed by atoms with Crippen LogP contribution in [0.4, 0.5) is 4.39 Å². The van der Waals surface area contributed by atoms with Crippen LogP contribution in [0.1, 0.15) is 12.5 Å². The second kappa shape index (κ2) is 5.72. The highest BCUT2D eigenvalue weighted by Crippen LogP contribution is 2.18. The first-order chi connectivity index (χ1) is 7.17. The molecule has 0 aliphatic heterocycles. The van der Waals surface area contributed by atoms with Crippen molar-refractivity contribution in [2.45, 2.75) is 6.92 Å². The van der Waals surface area contributed by atoms with Crippen molar-refractivity contribution in [3.63, 3.8) is 0 Å². The maximum atomic E-state index is 13.3. The third-order valence-electron chi connectivity index (χ3n) is 1.85. The normalized spacial score (nSPS) is 11.9. The Labute approximate surface area is 96.8 Å². The number of nitriles is 1. The molecule has 80 valence electrons. The van der Waals surface area contributed by atoms with E-state index in [1.807, 2.05) is 13.0 Å². The molecule has 0 aliphatic carbocycles. The summed E-state index contributed by atoms with van der Waals surface area (Å²) in [6, 6.07) is 6.06.